The Morgan fingerprint density at radius 2 is 0.603 bits per heavy atom. The molecule has 0 N–H and O–H groups in total. The maximum atomic E-state index is 12.8. The summed E-state index contributed by atoms with van der Waals surface area (Å²) in [6.45, 7) is 6.48. The van der Waals surface area contributed by atoms with E-state index in [0.29, 0.717) is 19.3 Å². The normalized spacial score (nSPS) is 12.7. The zero-order chi connectivity index (χ0) is 45.8. The van der Waals surface area contributed by atoms with Crippen molar-refractivity contribution in [2.75, 3.05) is 13.2 Å². The van der Waals surface area contributed by atoms with E-state index < -0.39 is 6.10 Å². The van der Waals surface area contributed by atoms with Gasteiger partial charge in [-0.05, 0) is 109 Å². The highest BCUT2D eigenvalue weighted by Gasteiger charge is 2.19. The monoisotopic (exact) mass is 877 g/mol. The van der Waals surface area contributed by atoms with Gasteiger partial charge in [0.2, 0.25) is 0 Å². The number of rotatable bonds is 46. The molecule has 0 fully saturated rings. The van der Waals surface area contributed by atoms with Crippen molar-refractivity contribution in [1.29, 1.82) is 0 Å². The standard InChI is InChI=1S/C57H96O6/c1-4-7-10-13-16-19-22-24-26-28-30-32-35-37-40-43-46-49-55(58)61-52-54(63-57(60)51-48-45-42-39-34-21-18-15-12-9-6-3)53-62-56(59)50-47-44-41-38-36-33-31-29-27-25-23-20-17-14-11-8-5-2/h15-20,24-27,30,32,37,40,54H,4-14,21-23,28-29,31,33-36,38-39,41-53H2,1-3H3/b18-15-,19-16-,20-17-,26-24-,27-25-,32-30-,40-37-/t54-/m1/s1. The highest BCUT2D eigenvalue weighted by molar-refractivity contribution is 5.71. The molecule has 0 spiro atoms. The van der Waals surface area contributed by atoms with E-state index in [2.05, 4.69) is 106 Å². The summed E-state index contributed by atoms with van der Waals surface area (Å²) < 4.78 is 16.7. The summed E-state index contributed by atoms with van der Waals surface area (Å²) in [5.41, 5.74) is 0. The van der Waals surface area contributed by atoms with Crippen molar-refractivity contribution >= 4 is 17.9 Å². The molecule has 1 atom stereocenters. The third-order valence-electron chi connectivity index (χ3n) is 10.8. The summed E-state index contributed by atoms with van der Waals surface area (Å²) in [6.07, 6.45) is 65.7. The number of ether oxygens (including phenoxy) is 3. The highest BCUT2D eigenvalue weighted by atomic mass is 16.6. The van der Waals surface area contributed by atoms with Gasteiger partial charge in [-0.25, -0.2) is 0 Å². The second-order valence-corrected chi connectivity index (χ2v) is 17.1. The van der Waals surface area contributed by atoms with E-state index in [-0.39, 0.29) is 37.5 Å². The van der Waals surface area contributed by atoms with E-state index in [0.717, 1.165) is 89.9 Å². The Bertz CT molecular complexity index is 1240. The predicted molar refractivity (Wildman–Crippen MR) is 270 cm³/mol. The van der Waals surface area contributed by atoms with Crippen LogP contribution in [0.3, 0.4) is 0 Å². The largest absolute Gasteiger partial charge is 0.462 e. The molecule has 0 saturated carbocycles. The van der Waals surface area contributed by atoms with Crippen LogP contribution in [0.2, 0.25) is 0 Å². The zero-order valence-corrected chi connectivity index (χ0v) is 41.1. The van der Waals surface area contributed by atoms with Crippen molar-refractivity contribution in [3.05, 3.63) is 85.1 Å². The van der Waals surface area contributed by atoms with Crippen LogP contribution in [0.25, 0.3) is 0 Å². The molecular formula is C57H96O6. The number of carbonyl (C=O) groups excluding carboxylic acids is 3. The second kappa shape index (κ2) is 51.2. The molecule has 0 aliphatic carbocycles. The van der Waals surface area contributed by atoms with Gasteiger partial charge in [-0.3, -0.25) is 14.4 Å². The summed E-state index contributed by atoms with van der Waals surface area (Å²) >= 11 is 0. The number of esters is 3. The van der Waals surface area contributed by atoms with Gasteiger partial charge in [-0.1, -0.05) is 196 Å². The van der Waals surface area contributed by atoms with E-state index in [9.17, 15) is 14.4 Å². The third kappa shape index (κ3) is 49.5. The van der Waals surface area contributed by atoms with E-state index >= 15 is 0 Å². The van der Waals surface area contributed by atoms with Crippen LogP contribution in [0.4, 0.5) is 0 Å². The van der Waals surface area contributed by atoms with Crippen LogP contribution < -0.4 is 0 Å². The van der Waals surface area contributed by atoms with Gasteiger partial charge >= 0.3 is 17.9 Å². The van der Waals surface area contributed by atoms with Crippen molar-refractivity contribution in [2.24, 2.45) is 0 Å². The van der Waals surface area contributed by atoms with Crippen LogP contribution in [0.5, 0.6) is 0 Å². The lowest BCUT2D eigenvalue weighted by molar-refractivity contribution is -0.167. The molecule has 63 heavy (non-hydrogen) atoms. The lowest BCUT2D eigenvalue weighted by Crippen LogP contribution is -2.30. The summed E-state index contributed by atoms with van der Waals surface area (Å²) in [4.78, 5) is 37.9. The fourth-order valence-corrected chi connectivity index (χ4v) is 6.86. The van der Waals surface area contributed by atoms with Gasteiger partial charge in [0.05, 0.1) is 0 Å². The zero-order valence-electron chi connectivity index (χ0n) is 41.1. The van der Waals surface area contributed by atoms with Gasteiger partial charge in [0.15, 0.2) is 6.10 Å². The Morgan fingerprint density at radius 3 is 1.02 bits per heavy atom. The fraction of sp³-hybridized carbons (Fsp3) is 0.702. The first-order valence-corrected chi connectivity index (χ1v) is 26.1. The van der Waals surface area contributed by atoms with E-state index in [4.69, 9.17) is 14.2 Å². The van der Waals surface area contributed by atoms with E-state index in [1.807, 2.05) is 0 Å². The Kier molecular flexibility index (Phi) is 48.5. The smallest absolute Gasteiger partial charge is 0.306 e. The van der Waals surface area contributed by atoms with Crippen LogP contribution >= 0.6 is 0 Å². The van der Waals surface area contributed by atoms with Crippen molar-refractivity contribution in [1.82, 2.24) is 0 Å². The minimum atomic E-state index is -0.805. The van der Waals surface area contributed by atoms with Gasteiger partial charge in [0.25, 0.3) is 0 Å². The second-order valence-electron chi connectivity index (χ2n) is 17.1. The molecule has 0 radical (unpaired) electrons. The predicted octanol–water partition coefficient (Wildman–Crippen LogP) is 17.2. The molecule has 360 valence electrons. The Labute approximate surface area is 388 Å². The van der Waals surface area contributed by atoms with Crippen molar-refractivity contribution in [3.63, 3.8) is 0 Å². The van der Waals surface area contributed by atoms with Gasteiger partial charge < -0.3 is 14.2 Å². The van der Waals surface area contributed by atoms with E-state index in [1.54, 1.807) is 0 Å². The van der Waals surface area contributed by atoms with E-state index in [1.165, 1.54) is 103 Å². The van der Waals surface area contributed by atoms with Crippen LogP contribution in [0.1, 0.15) is 239 Å². The van der Waals surface area contributed by atoms with Crippen LogP contribution in [0, 0.1) is 0 Å². The maximum Gasteiger partial charge on any atom is 0.306 e. The molecule has 0 heterocycles. The molecule has 0 rings (SSSR count). The summed E-state index contributed by atoms with van der Waals surface area (Å²) in [5, 5.41) is 0. The minimum absolute atomic E-state index is 0.102. The first-order chi connectivity index (χ1) is 31.0. The third-order valence-corrected chi connectivity index (χ3v) is 10.8. The Balaban J connectivity index is 4.45. The summed E-state index contributed by atoms with van der Waals surface area (Å²) in [7, 11) is 0. The molecule has 0 bridgehead atoms. The van der Waals surface area contributed by atoms with Gasteiger partial charge in [0, 0.05) is 19.3 Å². The van der Waals surface area contributed by atoms with Crippen LogP contribution in [0.15, 0.2) is 85.1 Å². The molecule has 0 amide bonds. The lowest BCUT2D eigenvalue weighted by atomic mass is 10.1. The molecule has 0 unspecified atom stereocenters. The lowest BCUT2D eigenvalue weighted by Gasteiger charge is -2.18. The van der Waals surface area contributed by atoms with Gasteiger partial charge in [0.1, 0.15) is 13.2 Å². The van der Waals surface area contributed by atoms with Gasteiger partial charge in [-0.15, -0.1) is 0 Å². The molecule has 0 aromatic rings. The average molecular weight is 877 g/mol. The van der Waals surface area contributed by atoms with Gasteiger partial charge in [-0.2, -0.15) is 0 Å². The molecule has 6 heteroatoms. The number of hydrogen-bond donors (Lipinski definition) is 0. The van der Waals surface area contributed by atoms with Crippen molar-refractivity contribution < 1.29 is 28.6 Å². The molecule has 6 nitrogen and oxygen atoms in total. The number of hydrogen-bond acceptors (Lipinski definition) is 6. The topological polar surface area (TPSA) is 78.9 Å². The molecule has 0 aliphatic heterocycles. The molecule has 0 aromatic heterocycles. The fourth-order valence-electron chi connectivity index (χ4n) is 6.86. The minimum Gasteiger partial charge on any atom is -0.462 e. The SMILES string of the molecule is CCCC/C=C\CCCCCCCC(=O)O[C@H](COC(=O)CCC/C=C\C/C=C\C/C=C\C/C=C\CCCCC)COC(=O)CCCCCCCCC/C=C\C/C=C\CCCCC. The highest BCUT2D eigenvalue weighted by Crippen LogP contribution is 2.13. The maximum absolute atomic E-state index is 12.8. The molecular weight excluding hydrogens is 781 g/mol. The molecule has 0 saturated heterocycles. The Hall–Kier alpha value is -3.41. The average Bonchev–Trinajstić information content (AvgIpc) is 3.28. The number of unbranched alkanes of at least 4 members (excludes halogenated alkanes) is 21. The number of allylic oxidation sites excluding steroid dienone is 14. The first-order valence-electron chi connectivity index (χ1n) is 26.1. The first kappa shape index (κ1) is 59.6. The summed E-state index contributed by atoms with van der Waals surface area (Å²) in [6, 6.07) is 0. The quantitative estimate of drug-likeness (QED) is 0.0262. The number of carbonyl (C=O) groups is 3. The van der Waals surface area contributed by atoms with Crippen molar-refractivity contribution in [2.45, 2.75) is 245 Å². The van der Waals surface area contributed by atoms with Crippen molar-refractivity contribution in [3.8, 4) is 0 Å². The summed E-state index contributed by atoms with van der Waals surface area (Å²) in [5.74, 6) is -0.979. The van der Waals surface area contributed by atoms with Crippen LogP contribution in [-0.2, 0) is 28.6 Å². The molecule has 0 aromatic carbocycles. The molecule has 0 aliphatic rings. The Morgan fingerprint density at radius 1 is 0.317 bits per heavy atom. The van der Waals surface area contributed by atoms with Crippen LogP contribution in [-0.4, -0.2) is 37.2 Å².